The van der Waals surface area contributed by atoms with Crippen LogP contribution in [-0.2, 0) is 6.42 Å². The first-order valence-electron chi connectivity index (χ1n) is 4.51. The zero-order valence-corrected chi connectivity index (χ0v) is 7.91. The van der Waals surface area contributed by atoms with Crippen molar-refractivity contribution in [3.63, 3.8) is 0 Å². The molecule has 0 amide bonds. The molecule has 0 atom stereocenters. The summed E-state index contributed by atoms with van der Waals surface area (Å²) in [4.78, 5) is 8.58. The van der Waals surface area contributed by atoms with E-state index in [-0.39, 0.29) is 0 Å². The van der Waals surface area contributed by atoms with Gasteiger partial charge in [0.15, 0.2) is 0 Å². The van der Waals surface area contributed by atoms with Crippen LogP contribution >= 0.6 is 0 Å². The summed E-state index contributed by atoms with van der Waals surface area (Å²) in [6.45, 7) is 4.20. The molecule has 66 valence electrons. The molecule has 2 rings (SSSR count). The number of aryl methyl sites for hydroxylation is 2. The van der Waals surface area contributed by atoms with Crippen molar-refractivity contribution >= 4 is 10.9 Å². The molecule has 0 aliphatic rings. The molecule has 2 heteroatoms. The van der Waals surface area contributed by atoms with Crippen LogP contribution in [0.5, 0.6) is 0 Å². The standard InChI is InChI=1S/C11H12N2/c1-3-9-6-10-7-12-5-4-11(10)13-8(9)2/h4-7H,3H2,1-2H3. The third kappa shape index (κ3) is 1.39. The molecule has 2 nitrogen and oxygen atoms in total. The first-order chi connectivity index (χ1) is 6.31. The maximum absolute atomic E-state index is 4.51. The molecular weight excluding hydrogens is 160 g/mol. The van der Waals surface area contributed by atoms with E-state index in [0.29, 0.717) is 0 Å². The molecule has 0 aliphatic heterocycles. The van der Waals surface area contributed by atoms with Crippen molar-refractivity contribution in [3.8, 4) is 0 Å². The van der Waals surface area contributed by atoms with E-state index in [1.165, 1.54) is 5.56 Å². The Morgan fingerprint density at radius 2 is 2.23 bits per heavy atom. The smallest absolute Gasteiger partial charge is 0.0736 e. The molecule has 0 fully saturated rings. The van der Waals surface area contributed by atoms with Gasteiger partial charge >= 0.3 is 0 Å². The third-order valence-electron chi connectivity index (χ3n) is 2.29. The van der Waals surface area contributed by atoms with E-state index in [4.69, 9.17) is 0 Å². The van der Waals surface area contributed by atoms with Crippen LogP contribution in [0, 0.1) is 6.92 Å². The largest absolute Gasteiger partial charge is 0.264 e. The van der Waals surface area contributed by atoms with E-state index in [0.717, 1.165) is 23.0 Å². The molecule has 0 spiro atoms. The quantitative estimate of drug-likeness (QED) is 0.660. The summed E-state index contributed by atoms with van der Waals surface area (Å²) in [6.07, 6.45) is 4.67. The number of rotatable bonds is 1. The highest BCUT2D eigenvalue weighted by Gasteiger charge is 2.00. The lowest BCUT2D eigenvalue weighted by Crippen LogP contribution is -1.91. The van der Waals surface area contributed by atoms with Gasteiger partial charge in [0, 0.05) is 23.5 Å². The lowest BCUT2D eigenvalue weighted by molar-refractivity contribution is 1.07. The van der Waals surface area contributed by atoms with Gasteiger partial charge in [-0.3, -0.25) is 9.97 Å². The molecule has 0 N–H and O–H groups in total. The highest BCUT2D eigenvalue weighted by molar-refractivity contribution is 5.78. The van der Waals surface area contributed by atoms with E-state index in [1.807, 2.05) is 12.3 Å². The van der Waals surface area contributed by atoms with Gasteiger partial charge in [-0.1, -0.05) is 6.92 Å². The summed E-state index contributed by atoms with van der Waals surface area (Å²) in [5.41, 5.74) is 3.46. The van der Waals surface area contributed by atoms with Gasteiger partial charge in [0.05, 0.1) is 5.52 Å². The fraction of sp³-hybridized carbons (Fsp3) is 0.273. The maximum atomic E-state index is 4.51. The van der Waals surface area contributed by atoms with Crippen LogP contribution in [0.25, 0.3) is 10.9 Å². The molecular formula is C11H12N2. The highest BCUT2D eigenvalue weighted by Crippen LogP contribution is 2.15. The second kappa shape index (κ2) is 3.13. The van der Waals surface area contributed by atoms with Crippen LogP contribution in [0.2, 0.25) is 0 Å². The molecule has 0 radical (unpaired) electrons. The Labute approximate surface area is 77.6 Å². The van der Waals surface area contributed by atoms with Crippen molar-refractivity contribution in [2.45, 2.75) is 20.3 Å². The summed E-state index contributed by atoms with van der Waals surface area (Å²) in [7, 11) is 0. The zero-order valence-electron chi connectivity index (χ0n) is 7.91. The Balaban J connectivity index is 2.74. The van der Waals surface area contributed by atoms with E-state index in [9.17, 15) is 0 Å². The average Bonchev–Trinajstić information content (AvgIpc) is 2.17. The average molecular weight is 172 g/mol. The summed E-state index contributed by atoms with van der Waals surface area (Å²) in [5, 5.41) is 1.13. The predicted octanol–water partition coefficient (Wildman–Crippen LogP) is 2.50. The third-order valence-corrected chi connectivity index (χ3v) is 2.29. The maximum Gasteiger partial charge on any atom is 0.0736 e. The molecule has 2 aromatic rings. The Morgan fingerprint density at radius 3 is 3.00 bits per heavy atom. The Kier molecular flexibility index (Phi) is 1.97. The molecule has 0 unspecified atom stereocenters. The Bertz CT molecular complexity index is 435. The minimum absolute atomic E-state index is 1.03. The number of pyridine rings is 2. The minimum Gasteiger partial charge on any atom is -0.264 e. The molecule has 0 aliphatic carbocycles. The number of nitrogens with zero attached hydrogens (tertiary/aromatic N) is 2. The van der Waals surface area contributed by atoms with Crippen LogP contribution in [0.4, 0.5) is 0 Å². The van der Waals surface area contributed by atoms with Crippen molar-refractivity contribution in [2.75, 3.05) is 0 Å². The van der Waals surface area contributed by atoms with Gasteiger partial charge in [-0.15, -0.1) is 0 Å². The highest BCUT2D eigenvalue weighted by atomic mass is 14.7. The van der Waals surface area contributed by atoms with Crippen LogP contribution in [0.15, 0.2) is 24.5 Å². The van der Waals surface area contributed by atoms with Gasteiger partial charge in [-0.25, -0.2) is 0 Å². The van der Waals surface area contributed by atoms with Crippen LogP contribution in [0.1, 0.15) is 18.2 Å². The van der Waals surface area contributed by atoms with Crippen molar-refractivity contribution in [1.29, 1.82) is 0 Å². The summed E-state index contributed by atoms with van der Waals surface area (Å²) in [6, 6.07) is 4.12. The summed E-state index contributed by atoms with van der Waals surface area (Å²) >= 11 is 0. The van der Waals surface area contributed by atoms with Crippen LogP contribution in [0.3, 0.4) is 0 Å². The van der Waals surface area contributed by atoms with E-state index in [2.05, 4.69) is 29.9 Å². The van der Waals surface area contributed by atoms with Crippen molar-refractivity contribution in [2.24, 2.45) is 0 Å². The molecule has 13 heavy (non-hydrogen) atoms. The van der Waals surface area contributed by atoms with Crippen molar-refractivity contribution < 1.29 is 0 Å². The number of hydrogen-bond acceptors (Lipinski definition) is 2. The van der Waals surface area contributed by atoms with E-state index in [1.54, 1.807) is 6.20 Å². The normalized spacial score (nSPS) is 10.6. The SMILES string of the molecule is CCc1cc2cnccc2nc1C. The fourth-order valence-corrected chi connectivity index (χ4v) is 1.51. The topological polar surface area (TPSA) is 25.8 Å². The summed E-state index contributed by atoms with van der Waals surface area (Å²) < 4.78 is 0. The fourth-order valence-electron chi connectivity index (χ4n) is 1.51. The number of hydrogen-bond donors (Lipinski definition) is 0. The Hall–Kier alpha value is -1.44. The van der Waals surface area contributed by atoms with Crippen LogP contribution < -0.4 is 0 Å². The van der Waals surface area contributed by atoms with E-state index >= 15 is 0 Å². The molecule has 0 bridgehead atoms. The molecule has 0 saturated heterocycles. The molecule has 2 aromatic heterocycles. The van der Waals surface area contributed by atoms with E-state index < -0.39 is 0 Å². The number of fused-ring (bicyclic) bond motifs is 1. The van der Waals surface area contributed by atoms with Gasteiger partial charge < -0.3 is 0 Å². The van der Waals surface area contributed by atoms with Gasteiger partial charge in [-0.2, -0.15) is 0 Å². The molecule has 0 saturated carbocycles. The first-order valence-corrected chi connectivity index (χ1v) is 4.51. The first kappa shape index (κ1) is 8.17. The van der Waals surface area contributed by atoms with Crippen molar-refractivity contribution in [1.82, 2.24) is 9.97 Å². The summed E-state index contributed by atoms with van der Waals surface area (Å²) in [5.74, 6) is 0. The minimum atomic E-state index is 1.03. The monoisotopic (exact) mass is 172 g/mol. The van der Waals surface area contributed by atoms with Gasteiger partial charge in [-0.05, 0) is 31.0 Å². The lowest BCUT2D eigenvalue weighted by Gasteiger charge is -2.03. The predicted molar refractivity (Wildman–Crippen MR) is 53.7 cm³/mol. The zero-order chi connectivity index (χ0) is 9.26. The van der Waals surface area contributed by atoms with Gasteiger partial charge in [0.25, 0.3) is 0 Å². The second-order valence-corrected chi connectivity index (χ2v) is 3.15. The van der Waals surface area contributed by atoms with Crippen molar-refractivity contribution in [3.05, 3.63) is 35.8 Å². The Morgan fingerprint density at radius 1 is 1.38 bits per heavy atom. The second-order valence-electron chi connectivity index (χ2n) is 3.15. The van der Waals surface area contributed by atoms with Crippen LogP contribution in [-0.4, -0.2) is 9.97 Å². The van der Waals surface area contributed by atoms with Gasteiger partial charge in [0.1, 0.15) is 0 Å². The molecule has 2 heterocycles. The van der Waals surface area contributed by atoms with Gasteiger partial charge in [0.2, 0.25) is 0 Å². The lowest BCUT2D eigenvalue weighted by atomic mass is 10.1. The number of aromatic nitrogens is 2. The molecule has 0 aromatic carbocycles.